The first-order valence-corrected chi connectivity index (χ1v) is 6.12. The van der Waals surface area contributed by atoms with Crippen molar-refractivity contribution in [3.8, 4) is 0 Å². The van der Waals surface area contributed by atoms with Gasteiger partial charge in [0.05, 0.1) is 12.7 Å². The molecule has 1 amide bonds. The number of amides is 1. The number of nitrogens with zero attached hydrogens (tertiary/aromatic N) is 1. The standard InChI is InChI=1S/C12H22N2O/c1-8(2)12-13-6-11(15)14(12)7-9(3)10-4-5-10/h8-10,12-13H,4-7H2,1-3H3. The average Bonchev–Trinajstić information content (AvgIpc) is 2.94. The molecule has 86 valence electrons. The van der Waals surface area contributed by atoms with E-state index in [2.05, 4.69) is 26.1 Å². The van der Waals surface area contributed by atoms with E-state index in [0.29, 0.717) is 18.4 Å². The van der Waals surface area contributed by atoms with Crippen molar-refractivity contribution < 1.29 is 4.79 Å². The molecule has 0 aromatic heterocycles. The van der Waals surface area contributed by atoms with Gasteiger partial charge < -0.3 is 4.90 Å². The summed E-state index contributed by atoms with van der Waals surface area (Å²) in [6.45, 7) is 8.09. The zero-order chi connectivity index (χ0) is 11.0. The van der Waals surface area contributed by atoms with Gasteiger partial charge in [-0.1, -0.05) is 20.8 Å². The summed E-state index contributed by atoms with van der Waals surface area (Å²) in [7, 11) is 0. The van der Waals surface area contributed by atoms with Crippen molar-refractivity contribution >= 4 is 5.91 Å². The van der Waals surface area contributed by atoms with Crippen LogP contribution in [0.4, 0.5) is 0 Å². The highest BCUT2D eigenvalue weighted by molar-refractivity contribution is 5.80. The number of nitrogens with one attached hydrogen (secondary N) is 1. The van der Waals surface area contributed by atoms with E-state index in [-0.39, 0.29) is 12.1 Å². The Kier molecular flexibility index (Phi) is 3.01. The van der Waals surface area contributed by atoms with Crippen LogP contribution in [0, 0.1) is 17.8 Å². The van der Waals surface area contributed by atoms with Crippen molar-refractivity contribution in [3.05, 3.63) is 0 Å². The van der Waals surface area contributed by atoms with E-state index in [1.54, 1.807) is 0 Å². The third kappa shape index (κ3) is 2.33. The van der Waals surface area contributed by atoms with E-state index in [1.165, 1.54) is 12.8 Å². The van der Waals surface area contributed by atoms with E-state index in [4.69, 9.17) is 0 Å². The lowest BCUT2D eigenvalue weighted by Crippen LogP contribution is -2.43. The van der Waals surface area contributed by atoms with Crippen LogP contribution in [0.1, 0.15) is 33.6 Å². The molecule has 1 aliphatic heterocycles. The van der Waals surface area contributed by atoms with Gasteiger partial charge in [0, 0.05) is 6.54 Å². The summed E-state index contributed by atoms with van der Waals surface area (Å²) >= 11 is 0. The Balaban J connectivity index is 1.94. The van der Waals surface area contributed by atoms with Gasteiger partial charge in [-0.15, -0.1) is 0 Å². The van der Waals surface area contributed by atoms with E-state index >= 15 is 0 Å². The molecule has 1 N–H and O–H groups in total. The van der Waals surface area contributed by atoms with E-state index in [1.807, 2.05) is 4.90 Å². The normalized spacial score (nSPS) is 28.9. The smallest absolute Gasteiger partial charge is 0.237 e. The molecule has 2 unspecified atom stereocenters. The third-order valence-electron chi connectivity index (χ3n) is 3.66. The van der Waals surface area contributed by atoms with Gasteiger partial charge >= 0.3 is 0 Å². The highest BCUT2D eigenvalue weighted by atomic mass is 16.2. The molecule has 3 heteroatoms. The Morgan fingerprint density at radius 3 is 2.60 bits per heavy atom. The molecular weight excluding hydrogens is 188 g/mol. The number of rotatable bonds is 4. The SMILES string of the molecule is CC(C)C1NCC(=O)N1CC(C)C1CC1. The first-order chi connectivity index (χ1) is 7.09. The molecule has 1 saturated heterocycles. The van der Waals surface area contributed by atoms with Crippen LogP contribution in [0.5, 0.6) is 0 Å². The van der Waals surface area contributed by atoms with Crippen LogP contribution < -0.4 is 5.32 Å². The highest BCUT2D eigenvalue weighted by Gasteiger charge is 2.36. The first kappa shape index (κ1) is 10.9. The van der Waals surface area contributed by atoms with Crippen LogP contribution in [0.2, 0.25) is 0 Å². The van der Waals surface area contributed by atoms with Crippen molar-refractivity contribution in [1.29, 1.82) is 0 Å². The summed E-state index contributed by atoms with van der Waals surface area (Å²) in [4.78, 5) is 13.8. The van der Waals surface area contributed by atoms with Crippen LogP contribution in [-0.2, 0) is 4.79 Å². The molecule has 3 nitrogen and oxygen atoms in total. The maximum Gasteiger partial charge on any atom is 0.237 e. The summed E-state index contributed by atoms with van der Waals surface area (Å²) in [5.74, 6) is 2.34. The maximum absolute atomic E-state index is 11.7. The Morgan fingerprint density at radius 1 is 1.40 bits per heavy atom. The zero-order valence-electron chi connectivity index (χ0n) is 9.99. The van der Waals surface area contributed by atoms with E-state index < -0.39 is 0 Å². The van der Waals surface area contributed by atoms with Crippen LogP contribution in [-0.4, -0.2) is 30.1 Å². The van der Waals surface area contributed by atoms with Crippen molar-refractivity contribution in [1.82, 2.24) is 10.2 Å². The fourth-order valence-corrected chi connectivity index (χ4v) is 2.49. The summed E-state index contributed by atoms with van der Waals surface area (Å²) in [5.41, 5.74) is 0. The molecule has 0 bridgehead atoms. The first-order valence-electron chi connectivity index (χ1n) is 6.12. The molecule has 2 fully saturated rings. The second kappa shape index (κ2) is 4.12. The molecule has 0 spiro atoms. The Morgan fingerprint density at radius 2 is 2.07 bits per heavy atom. The van der Waals surface area contributed by atoms with Gasteiger partial charge in [-0.3, -0.25) is 10.1 Å². The predicted octanol–water partition coefficient (Wildman–Crippen LogP) is 1.45. The van der Waals surface area contributed by atoms with Crippen molar-refractivity contribution in [3.63, 3.8) is 0 Å². The van der Waals surface area contributed by atoms with Crippen LogP contribution in [0.15, 0.2) is 0 Å². The molecule has 2 aliphatic rings. The van der Waals surface area contributed by atoms with Crippen LogP contribution in [0.3, 0.4) is 0 Å². The molecule has 15 heavy (non-hydrogen) atoms. The summed E-state index contributed by atoms with van der Waals surface area (Å²) < 4.78 is 0. The Labute approximate surface area is 92.2 Å². The van der Waals surface area contributed by atoms with Crippen LogP contribution >= 0.6 is 0 Å². The number of carbonyl (C=O) groups is 1. The van der Waals surface area contributed by atoms with Crippen molar-refractivity contribution in [2.75, 3.05) is 13.1 Å². The van der Waals surface area contributed by atoms with Gasteiger partial charge in [0.25, 0.3) is 0 Å². The van der Waals surface area contributed by atoms with Gasteiger partial charge in [-0.25, -0.2) is 0 Å². The predicted molar refractivity (Wildman–Crippen MR) is 60.2 cm³/mol. The zero-order valence-corrected chi connectivity index (χ0v) is 9.99. The molecular formula is C12H22N2O. The minimum Gasteiger partial charge on any atom is -0.326 e. The quantitative estimate of drug-likeness (QED) is 0.761. The number of hydrogen-bond acceptors (Lipinski definition) is 2. The van der Waals surface area contributed by atoms with Gasteiger partial charge in [-0.2, -0.15) is 0 Å². The maximum atomic E-state index is 11.7. The van der Waals surface area contributed by atoms with Gasteiger partial charge in [0.15, 0.2) is 0 Å². The Bertz CT molecular complexity index is 248. The number of hydrogen-bond donors (Lipinski definition) is 1. The third-order valence-corrected chi connectivity index (χ3v) is 3.66. The summed E-state index contributed by atoms with van der Waals surface area (Å²) in [5, 5.41) is 3.30. The minimum absolute atomic E-state index is 0.263. The fraction of sp³-hybridized carbons (Fsp3) is 0.917. The van der Waals surface area contributed by atoms with Gasteiger partial charge in [0.2, 0.25) is 5.91 Å². The second-order valence-corrected chi connectivity index (χ2v) is 5.43. The molecule has 0 aromatic rings. The molecule has 0 radical (unpaired) electrons. The molecule has 1 saturated carbocycles. The lowest BCUT2D eigenvalue weighted by molar-refractivity contribution is -0.129. The van der Waals surface area contributed by atoms with Crippen molar-refractivity contribution in [2.24, 2.45) is 17.8 Å². The summed E-state index contributed by atoms with van der Waals surface area (Å²) in [6.07, 6.45) is 2.99. The van der Waals surface area contributed by atoms with E-state index in [0.717, 1.165) is 12.5 Å². The lowest BCUT2D eigenvalue weighted by Gasteiger charge is -2.29. The van der Waals surface area contributed by atoms with Crippen molar-refractivity contribution in [2.45, 2.75) is 39.8 Å². The molecule has 2 atom stereocenters. The van der Waals surface area contributed by atoms with E-state index in [9.17, 15) is 4.79 Å². The highest BCUT2D eigenvalue weighted by Crippen LogP contribution is 2.37. The molecule has 2 rings (SSSR count). The van der Waals surface area contributed by atoms with Gasteiger partial charge in [-0.05, 0) is 30.6 Å². The fourth-order valence-electron chi connectivity index (χ4n) is 2.49. The largest absolute Gasteiger partial charge is 0.326 e. The molecule has 1 heterocycles. The lowest BCUT2D eigenvalue weighted by atomic mass is 10.0. The molecule has 1 aliphatic carbocycles. The number of carbonyl (C=O) groups excluding carboxylic acids is 1. The van der Waals surface area contributed by atoms with Crippen LogP contribution in [0.25, 0.3) is 0 Å². The molecule has 0 aromatic carbocycles. The minimum atomic E-state index is 0.263. The topological polar surface area (TPSA) is 32.3 Å². The Hall–Kier alpha value is -0.570. The second-order valence-electron chi connectivity index (χ2n) is 5.43. The average molecular weight is 210 g/mol. The summed E-state index contributed by atoms with van der Waals surface area (Å²) in [6, 6.07) is 0. The van der Waals surface area contributed by atoms with Gasteiger partial charge in [0.1, 0.15) is 0 Å². The monoisotopic (exact) mass is 210 g/mol.